The molecule has 0 atom stereocenters. The molecule has 2 amide bonds. The van der Waals surface area contributed by atoms with Crippen molar-refractivity contribution in [3.8, 4) is 0 Å². The molecule has 176 valence electrons. The molecule has 7 nitrogen and oxygen atoms in total. The fourth-order valence-corrected chi connectivity index (χ4v) is 8.48. The highest BCUT2D eigenvalue weighted by molar-refractivity contribution is 7.89. The number of urea groups is 1. The molecule has 4 bridgehead atoms. The van der Waals surface area contributed by atoms with Crippen LogP contribution < -0.4 is 10.6 Å². The molecule has 5 fully saturated rings. The van der Waals surface area contributed by atoms with Gasteiger partial charge in [-0.15, -0.1) is 0 Å². The number of anilines is 1. The lowest BCUT2D eigenvalue weighted by Gasteiger charge is -2.56. The van der Waals surface area contributed by atoms with Crippen LogP contribution in [0.25, 0.3) is 0 Å². The van der Waals surface area contributed by atoms with Gasteiger partial charge in [-0.1, -0.05) is 6.07 Å². The summed E-state index contributed by atoms with van der Waals surface area (Å²) < 4.78 is 27.9. The van der Waals surface area contributed by atoms with Gasteiger partial charge in [0, 0.05) is 43.4 Å². The normalized spacial score (nSPS) is 32.9. The third-order valence-corrected chi connectivity index (χ3v) is 10.0. The van der Waals surface area contributed by atoms with Crippen molar-refractivity contribution < 1.29 is 13.2 Å². The van der Waals surface area contributed by atoms with Gasteiger partial charge in [-0.3, -0.25) is 4.90 Å². The second-order valence-corrected chi connectivity index (χ2v) is 12.8. The van der Waals surface area contributed by atoms with Crippen LogP contribution in [0, 0.1) is 17.8 Å². The number of piperazine rings is 1. The first-order valence-corrected chi connectivity index (χ1v) is 13.6. The van der Waals surface area contributed by atoms with Gasteiger partial charge in [0.15, 0.2) is 0 Å². The Labute approximate surface area is 192 Å². The minimum Gasteiger partial charge on any atom is -0.332 e. The minimum atomic E-state index is -3.58. The Balaban J connectivity index is 1.24. The maximum absolute atomic E-state index is 13.2. The Morgan fingerprint density at radius 1 is 1.00 bits per heavy atom. The first kappa shape index (κ1) is 22.2. The quantitative estimate of drug-likeness (QED) is 0.705. The molecule has 32 heavy (non-hydrogen) atoms. The standard InChI is InChI=1S/C24H36N4O3S/c1-17(2)27-6-8-28(9-7-27)32(30,31)22-5-3-4-21(13-22)25-23(29)26-24-14-18-10-19(15-24)12-20(11-18)16-24/h3-5,13,17-20H,6-12,14-16H2,1-2H3,(H2,25,26,29). The van der Waals surface area contributed by atoms with Gasteiger partial charge in [0.25, 0.3) is 0 Å². The molecule has 2 N–H and O–H groups in total. The van der Waals surface area contributed by atoms with Crippen LogP contribution in [0.5, 0.6) is 0 Å². The van der Waals surface area contributed by atoms with E-state index in [4.69, 9.17) is 0 Å². The Bertz CT molecular complexity index is 934. The number of nitrogens with one attached hydrogen (secondary N) is 2. The summed E-state index contributed by atoms with van der Waals surface area (Å²) in [5, 5.41) is 6.21. The molecule has 1 saturated heterocycles. The van der Waals surface area contributed by atoms with Crippen LogP contribution in [0.2, 0.25) is 0 Å². The molecule has 1 aromatic carbocycles. The number of carbonyl (C=O) groups is 1. The monoisotopic (exact) mass is 460 g/mol. The second-order valence-electron chi connectivity index (χ2n) is 10.8. The van der Waals surface area contributed by atoms with E-state index in [1.807, 2.05) is 0 Å². The number of sulfonamides is 1. The molecule has 1 aliphatic heterocycles. The Morgan fingerprint density at radius 3 is 2.16 bits per heavy atom. The van der Waals surface area contributed by atoms with Gasteiger partial charge in [-0.2, -0.15) is 4.31 Å². The van der Waals surface area contributed by atoms with Crippen molar-refractivity contribution in [1.29, 1.82) is 0 Å². The fraction of sp³-hybridized carbons (Fsp3) is 0.708. The van der Waals surface area contributed by atoms with E-state index >= 15 is 0 Å². The summed E-state index contributed by atoms with van der Waals surface area (Å²) in [7, 11) is -3.58. The molecule has 1 heterocycles. The van der Waals surface area contributed by atoms with Crippen molar-refractivity contribution in [3.63, 3.8) is 0 Å². The number of nitrogens with zero attached hydrogens (tertiary/aromatic N) is 2. The minimum absolute atomic E-state index is 0.0708. The number of hydrogen-bond acceptors (Lipinski definition) is 4. The smallest absolute Gasteiger partial charge is 0.319 e. The summed E-state index contributed by atoms with van der Waals surface area (Å²) in [4.78, 5) is 15.4. The molecule has 0 unspecified atom stereocenters. The van der Waals surface area contributed by atoms with Crippen molar-refractivity contribution in [2.45, 2.75) is 68.8 Å². The maximum Gasteiger partial charge on any atom is 0.319 e. The van der Waals surface area contributed by atoms with E-state index in [0.717, 1.165) is 50.1 Å². The maximum atomic E-state index is 13.2. The van der Waals surface area contributed by atoms with Crippen molar-refractivity contribution >= 4 is 21.7 Å². The summed E-state index contributed by atoms with van der Waals surface area (Å²) in [6.45, 7) is 6.72. The van der Waals surface area contributed by atoms with E-state index in [1.54, 1.807) is 28.6 Å². The Morgan fingerprint density at radius 2 is 1.59 bits per heavy atom. The second kappa shape index (κ2) is 8.29. The fourth-order valence-electron chi connectivity index (χ4n) is 7.01. The highest BCUT2D eigenvalue weighted by atomic mass is 32.2. The van der Waals surface area contributed by atoms with Crippen LogP contribution >= 0.6 is 0 Å². The zero-order valence-corrected chi connectivity index (χ0v) is 20.0. The van der Waals surface area contributed by atoms with Crippen molar-refractivity contribution in [3.05, 3.63) is 24.3 Å². The lowest BCUT2D eigenvalue weighted by molar-refractivity contribution is -0.0127. The zero-order chi connectivity index (χ0) is 22.5. The van der Waals surface area contributed by atoms with Crippen LogP contribution in [0.15, 0.2) is 29.2 Å². The third-order valence-electron chi connectivity index (χ3n) is 8.15. The van der Waals surface area contributed by atoms with Gasteiger partial charge < -0.3 is 10.6 Å². The highest BCUT2D eigenvalue weighted by Gasteiger charge is 2.51. The highest BCUT2D eigenvalue weighted by Crippen LogP contribution is 2.55. The predicted octanol–water partition coefficient (Wildman–Crippen LogP) is 3.49. The van der Waals surface area contributed by atoms with Crippen molar-refractivity contribution in [2.24, 2.45) is 17.8 Å². The summed E-state index contributed by atoms with van der Waals surface area (Å²) in [5.74, 6) is 2.27. The first-order chi connectivity index (χ1) is 15.2. The lowest BCUT2D eigenvalue weighted by atomic mass is 9.53. The summed E-state index contributed by atoms with van der Waals surface area (Å²) in [5.41, 5.74) is 0.452. The van der Waals surface area contributed by atoms with E-state index < -0.39 is 10.0 Å². The topological polar surface area (TPSA) is 81.8 Å². The molecule has 4 aliphatic carbocycles. The Kier molecular flexibility index (Phi) is 5.75. The largest absolute Gasteiger partial charge is 0.332 e. The van der Waals surface area contributed by atoms with E-state index in [2.05, 4.69) is 29.4 Å². The van der Waals surface area contributed by atoms with Gasteiger partial charge in [0.2, 0.25) is 10.0 Å². The van der Waals surface area contributed by atoms with E-state index in [1.165, 1.54) is 19.3 Å². The van der Waals surface area contributed by atoms with Gasteiger partial charge in [0.1, 0.15) is 0 Å². The molecule has 6 rings (SSSR count). The average Bonchev–Trinajstić information content (AvgIpc) is 2.72. The van der Waals surface area contributed by atoms with E-state index in [-0.39, 0.29) is 16.5 Å². The van der Waals surface area contributed by atoms with E-state index in [9.17, 15) is 13.2 Å². The molecule has 8 heteroatoms. The Hall–Kier alpha value is -1.64. The molecule has 0 aromatic heterocycles. The van der Waals surface area contributed by atoms with Gasteiger partial charge >= 0.3 is 6.03 Å². The molecule has 5 aliphatic rings. The van der Waals surface area contributed by atoms with Gasteiger partial charge in [-0.25, -0.2) is 13.2 Å². The SMILES string of the molecule is CC(C)N1CCN(S(=O)(=O)c2cccc(NC(=O)NC34CC5CC(CC(C5)C3)C4)c2)CC1. The predicted molar refractivity (Wildman–Crippen MR) is 125 cm³/mol. The van der Waals surface area contributed by atoms with Crippen molar-refractivity contribution in [1.82, 2.24) is 14.5 Å². The lowest BCUT2D eigenvalue weighted by Crippen LogP contribution is -2.60. The van der Waals surface area contributed by atoms with Crippen LogP contribution in [0.3, 0.4) is 0 Å². The number of benzene rings is 1. The first-order valence-electron chi connectivity index (χ1n) is 12.2. The van der Waals surface area contributed by atoms with Crippen LogP contribution in [-0.2, 0) is 10.0 Å². The zero-order valence-electron chi connectivity index (χ0n) is 19.2. The molecular weight excluding hydrogens is 424 g/mol. The number of rotatable bonds is 5. The number of carbonyl (C=O) groups excluding carboxylic acids is 1. The van der Waals surface area contributed by atoms with Crippen LogP contribution in [0.4, 0.5) is 10.5 Å². The molecule has 1 aromatic rings. The molecule has 0 spiro atoms. The molecule has 0 radical (unpaired) electrons. The van der Waals surface area contributed by atoms with Crippen LogP contribution in [-0.4, -0.2) is 61.4 Å². The summed E-state index contributed by atoms with van der Waals surface area (Å²) in [6.07, 6.45) is 7.24. The van der Waals surface area contributed by atoms with Crippen molar-refractivity contribution in [2.75, 3.05) is 31.5 Å². The van der Waals surface area contributed by atoms with Gasteiger partial charge in [0.05, 0.1) is 4.90 Å². The van der Waals surface area contributed by atoms with E-state index in [0.29, 0.717) is 24.8 Å². The number of hydrogen-bond donors (Lipinski definition) is 2. The van der Waals surface area contributed by atoms with Gasteiger partial charge in [-0.05, 0) is 88.3 Å². The summed E-state index contributed by atoms with van der Waals surface area (Å²) in [6, 6.07) is 6.87. The number of amides is 2. The summed E-state index contributed by atoms with van der Waals surface area (Å²) >= 11 is 0. The molecular formula is C24H36N4O3S. The molecule has 4 saturated carbocycles. The third kappa shape index (κ3) is 4.29. The average molecular weight is 461 g/mol. The van der Waals surface area contributed by atoms with Crippen LogP contribution in [0.1, 0.15) is 52.4 Å².